The number of hydrogen-bond donors (Lipinski definition) is 1. The van der Waals surface area contributed by atoms with Gasteiger partial charge in [-0.2, -0.15) is 0 Å². The highest BCUT2D eigenvalue weighted by Gasteiger charge is 2.22. The molecular weight excluding hydrogens is 366 g/mol. The van der Waals surface area contributed by atoms with Gasteiger partial charge >= 0.3 is 0 Å². The normalized spacial score (nSPS) is 15.2. The summed E-state index contributed by atoms with van der Waals surface area (Å²) < 4.78 is 0. The van der Waals surface area contributed by atoms with Gasteiger partial charge in [-0.1, -0.05) is 11.6 Å². The summed E-state index contributed by atoms with van der Waals surface area (Å²) >= 11 is 7.46. The van der Waals surface area contributed by atoms with Gasteiger partial charge in [-0.25, -0.2) is 4.98 Å². The van der Waals surface area contributed by atoms with Crippen molar-refractivity contribution in [2.45, 2.75) is 0 Å². The minimum Gasteiger partial charge on any atom is -0.346 e. The van der Waals surface area contributed by atoms with Crippen molar-refractivity contribution in [1.82, 2.24) is 9.88 Å². The summed E-state index contributed by atoms with van der Waals surface area (Å²) in [6.07, 6.45) is 1.78. The van der Waals surface area contributed by atoms with E-state index >= 15 is 0 Å². The number of nitro benzene ring substituents is 1. The Morgan fingerprint density at radius 1 is 1.36 bits per heavy atom. The van der Waals surface area contributed by atoms with E-state index in [0.717, 1.165) is 31.3 Å². The lowest BCUT2D eigenvalue weighted by Gasteiger charge is -2.34. The number of carbonyl (C=O) groups excluding carboxylic acids is 1. The molecule has 8 nitrogen and oxygen atoms in total. The van der Waals surface area contributed by atoms with Crippen molar-refractivity contribution in [1.29, 1.82) is 0 Å². The van der Waals surface area contributed by atoms with E-state index in [9.17, 15) is 14.9 Å². The summed E-state index contributed by atoms with van der Waals surface area (Å²) in [6.45, 7) is 3.21. The van der Waals surface area contributed by atoms with Crippen molar-refractivity contribution in [3.8, 4) is 0 Å². The lowest BCUT2D eigenvalue weighted by Crippen LogP contribution is -2.48. The Bertz CT molecular complexity index is 763. The molecule has 1 fully saturated rings. The molecule has 132 valence electrons. The Morgan fingerprint density at radius 2 is 2.12 bits per heavy atom. The van der Waals surface area contributed by atoms with E-state index in [2.05, 4.69) is 15.2 Å². The number of anilines is 2. The molecule has 0 aliphatic carbocycles. The van der Waals surface area contributed by atoms with Crippen molar-refractivity contribution in [3.05, 3.63) is 44.9 Å². The summed E-state index contributed by atoms with van der Waals surface area (Å²) in [5.41, 5.74) is -0.0599. The third-order valence-corrected chi connectivity index (χ3v) is 4.93. The maximum absolute atomic E-state index is 12.2. The van der Waals surface area contributed by atoms with Gasteiger partial charge in [0.05, 0.1) is 11.5 Å². The van der Waals surface area contributed by atoms with Crippen LogP contribution in [0.5, 0.6) is 0 Å². The van der Waals surface area contributed by atoms with Crippen molar-refractivity contribution >= 4 is 45.4 Å². The molecule has 0 spiro atoms. The number of thiazole rings is 1. The van der Waals surface area contributed by atoms with E-state index in [4.69, 9.17) is 11.6 Å². The minimum atomic E-state index is -0.543. The molecule has 0 saturated carbocycles. The van der Waals surface area contributed by atoms with Crippen LogP contribution in [0.25, 0.3) is 0 Å². The summed E-state index contributed by atoms with van der Waals surface area (Å²) in [5.74, 6) is -0.298. The number of nitrogens with zero attached hydrogens (tertiary/aromatic N) is 4. The topological polar surface area (TPSA) is 91.6 Å². The van der Waals surface area contributed by atoms with Crippen molar-refractivity contribution < 1.29 is 9.72 Å². The smallest absolute Gasteiger partial charge is 0.292 e. The standard InChI is InChI=1S/C15H16ClN5O3S/c16-11-1-2-13(21(23)24)12(9-11)18-14(22)10-19-4-6-20(7-5-19)15-17-3-8-25-15/h1-3,8-9H,4-7,10H2,(H,18,22). The Balaban J connectivity index is 1.55. The fourth-order valence-electron chi connectivity index (χ4n) is 2.63. The van der Waals surface area contributed by atoms with Crippen molar-refractivity contribution in [3.63, 3.8) is 0 Å². The summed E-state index contributed by atoms with van der Waals surface area (Å²) in [5, 5.41) is 16.9. The van der Waals surface area contributed by atoms with Crippen molar-refractivity contribution in [2.75, 3.05) is 42.9 Å². The monoisotopic (exact) mass is 381 g/mol. The molecule has 1 saturated heterocycles. The molecule has 1 aliphatic rings. The highest BCUT2D eigenvalue weighted by atomic mass is 35.5. The molecular formula is C15H16ClN5O3S. The molecule has 10 heteroatoms. The largest absolute Gasteiger partial charge is 0.346 e. The van der Waals surface area contributed by atoms with Gasteiger partial charge in [-0.05, 0) is 12.1 Å². The quantitative estimate of drug-likeness (QED) is 0.631. The third kappa shape index (κ3) is 4.44. The van der Waals surface area contributed by atoms with Gasteiger partial charge in [0, 0.05) is 48.8 Å². The number of hydrogen-bond acceptors (Lipinski definition) is 7. The van der Waals surface area contributed by atoms with Crippen LogP contribution < -0.4 is 10.2 Å². The predicted molar refractivity (Wildman–Crippen MR) is 97.5 cm³/mol. The molecule has 1 amide bonds. The predicted octanol–water partition coefficient (Wildman–Crippen LogP) is 2.47. The second-order valence-corrected chi connectivity index (χ2v) is 6.85. The third-order valence-electron chi connectivity index (χ3n) is 3.86. The van der Waals surface area contributed by atoms with E-state index in [1.54, 1.807) is 17.5 Å². The van der Waals surface area contributed by atoms with Crippen LogP contribution in [-0.4, -0.2) is 53.4 Å². The van der Waals surface area contributed by atoms with E-state index in [1.807, 2.05) is 10.3 Å². The number of rotatable bonds is 5. The van der Waals surface area contributed by atoms with Gasteiger partial charge in [0.2, 0.25) is 5.91 Å². The molecule has 0 unspecified atom stereocenters. The van der Waals surface area contributed by atoms with Crippen LogP contribution in [0.1, 0.15) is 0 Å². The number of benzene rings is 1. The number of amides is 1. The number of halogens is 1. The van der Waals surface area contributed by atoms with Crippen molar-refractivity contribution in [2.24, 2.45) is 0 Å². The van der Waals surface area contributed by atoms with Gasteiger partial charge in [0.1, 0.15) is 5.69 Å². The second-order valence-electron chi connectivity index (χ2n) is 5.54. The number of piperazine rings is 1. The maximum atomic E-state index is 12.2. The number of nitrogens with one attached hydrogen (secondary N) is 1. The molecule has 2 aromatic rings. The minimum absolute atomic E-state index is 0.115. The molecule has 1 N–H and O–H groups in total. The average molecular weight is 382 g/mol. The summed E-state index contributed by atoms with van der Waals surface area (Å²) in [7, 11) is 0. The van der Waals surface area contributed by atoms with Gasteiger partial charge in [-0.3, -0.25) is 19.8 Å². The van der Waals surface area contributed by atoms with Gasteiger partial charge in [-0.15, -0.1) is 11.3 Å². The van der Waals surface area contributed by atoms with E-state index in [1.165, 1.54) is 18.2 Å². The summed E-state index contributed by atoms with van der Waals surface area (Å²) in [6, 6.07) is 4.09. The SMILES string of the molecule is O=C(CN1CCN(c2nccs2)CC1)Nc1cc(Cl)ccc1[N+](=O)[O-]. The molecule has 0 radical (unpaired) electrons. The Morgan fingerprint density at radius 3 is 2.76 bits per heavy atom. The zero-order valence-electron chi connectivity index (χ0n) is 13.2. The fourth-order valence-corrected chi connectivity index (χ4v) is 3.50. The van der Waals surface area contributed by atoms with Crippen LogP contribution in [0.4, 0.5) is 16.5 Å². The van der Waals surface area contributed by atoms with Crippen LogP contribution in [0, 0.1) is 10.1 Å². The molecule has 1 aromatic carbocycles. The fraction of sp³-hybridized carbons (Fsp3) is 0.333. The molecule has 1 aromatic heterocycles. The highest BCUT2D eigenvalue weighted by molar-refractivity contribution is 7.13. The summed E-state index contributed by atoms with van der Waals surface area (Å²) in [4.78, 5) is 31.2. The first-order valence-electron chi connectivity index (χ1n) is 7.63. The first kappa shape index (κ1) is 17.6. The molecule has 25 heavy (non-hydrogen) atoms. The van der Waals surface area contributed by atoms with E-state index < -0.39 is 4.92 Å². The highest BCUT2D eigenvalue weighted by Crippen LogP contribution is 2.27. The lowest BCUT2D eigenvalue weighted by molar-refractivity contribution is -0.383. The molecule has 3 rings (SSSR count). The van der Waals surface area contributed by atoms with Crippen LogP contribution in [0.15, 0.2) is 29.8 Å². The maximum Gasteiger partial charge on any atom is 0.292 e. The van der Waals surface area contributed by atoms with Crippen LogP contribution in [0.2, 0.25) is 5.02 Å². The first-order valence-corrected chi connectivity index (χ1v) is 8.89. The Hall–Kier alpha value is -2.23. The molecule has 0 bridgehead atoms. The van der Waals surface area contributed by atoms with Crippen LogP contribution >= 0.6 is 22.9 Å². The van der Waals surface area contributed by atoms with Crippen LogP contribution in [-0.2, 0) is 4.79 Å². The number of nitro groups is 1. The molecule has 2 heterocycles. The lowest BCUT2D eigenvalue weighted by atomic mass is 10.2. The zero-order valence-corrected chi connectivity index (χ0v) is 14.8. The van der Waals surface area contributed by atoms with Gasteiger partial charge < -0.3 is 10.2 Å². The Labute approximate surface area is 153 Å². The average Bonchev–Trinajstić information content (AvgIpc) is 3.09. The van der Waals surface area contributed by atoms with E-state index in [0.29, 0.717) is 5.02 Å². The van der Waals surface area contributed by atoms with Gasteiger partial charge in [0.25, 0.3) is 5.69 Å². The number of aromatic nitrogens is 1. The van der Waals surface area contributed by atoms with Crippen LogP contribution in [0.3, 0.4) is 0 Å². The zero-order chi connectivity index (χ0) is 17.8. The van der Waals surface area contributed by atoms with E-state index in [-0.39, 0.29) is 23.8 Å². The van der Waals surface area contributed by atoms with Gasteiger partial charge in [0.15, 0.2) is 5.13 Å². The Kier molecular flexibility index (Phi) is 5.47. The second kappa shape index (κ2) is 7.77. The first-order chi connectivity index (χ1) is 12.0. The number of carbonyl (C=O) groups is 1. The molecule has 0 atom stereocenters. The molecule has 1 aliphatic heterocycles.